The molecule has 1 heterocycles. The lowest BCUT2D eigenvalue weighted by atomic mass is 9.91. The summed E-state index contributed by atoms with van der Waals surface area (Å²) >= 11 is 0. The molecule has 0 bridgehead atoms. The molecule has 0 aromatic heterocycles. The normalized spacial score (nSPS) is 15.4. The molecule has 134 valence electrons. The summed E-state index contributed by atoms with van der Waals surface area (Å²) in [5.74, 6) is 0.682. The molecule has 0 aliphatic carbocycles. The SMILES string of the molecule is CC(C)CCNC(=O)c1ccc2c(c1)CCN(CCC(C)(C)C)C2. The van der Waals surface area contributed by atoms with E-state index in [4.69, 9.17) is 0 Å². The van der Waals surface area contributed by atoms with Crippen LogP contribution < -0.4 is 5.32 Å². The maximum absolute atomic E-state index is 12.3. The van der Waals surface area contributed by atoms with Crippen LogP contribution in [0, 0.1) is 11.3 Å². The van der Waals surface area contributed by atoms with Gasteiger partial charge in [-0.05, 0) is 60.4 Å². The second-order valence-corrected chi connectivity index (χ2v) is 8.76. The summed E-state index contributed by atoms with van der Waals surface area (Å²) in [6.45, 7) is 15.3. The molecule has 0 unspecified atom stereocenters. The maximum Gasteiger partial charge on any atom is 0.251 e. The number of fused-ring (bicyclic) bond motifs is 1. The zero-order valence-corrected chi connectivity index (χ0v) is 16.1. The molecular formula is C21H34N2O. The van der Waals surface area contributed by atoms with Crippen molar-refractivity contribution in [3.63, 3.8) is 0 Å². The van der Waals surface area contributed by atoms with Crippen molar-refractivity contribution in [3.8, 4) is 0 Å². The first kappa shape index (κ1) is 19.0. The standard InChI is InChI=1S/C21H34N2O/c1-16(2)8-11-22-20(24)18-6-7-19-15-23(12-9-17(19)14-18)13-10-21(3,4)5/h6-7,14,16H,8-13,15H2,1-5H3,(H,22,24). The highest BCUT2D eigenvalue weighted by atomic mass is 16.1. The van der Waals surface area contributed by atoms with Gasteiger partial charge in [-0.25, -0.2) is 0 Å². The molecule has 2 rings (SSSR count). The Balaban J connectivity index is 1.92. The molecule has 24 heavy (non-hydrogen) atoms. The fourth-order valence-corrected chi connectivity index (χ4v) is 3.01. The fourth-order valence-electron chi connectivity index (χ4n) is 3.01. The molecule has 3 heteroatoms. The van der Waals surface area contributed by atoms with Gasteiger partial charge >= 0.3 is 0 Å². The van der Waals surface area contributed by atoms with E-state index in [0.29, 0.717) is 11.3 Å². The van der Waals surface area contributed by atoms with Gasteiger partial charge in [-0.15, -0.1) is 0 Å². The third kappa shape index (κ3) is 5.94. The smallest absolute Gasteiger partial charge is 0.251 e. The monoisotopic (exact) mass is 330 g/mol. The van der Waals surface area contributed by atoms with Gasteiger partial charge in [0, 0.05) is 25.2 Å². The third-order valence-corrected chi connectivity index (χ3v) is 4.75. The minimum absolute atomic E-state index is 0.0635. The van der Waals surface area contributed by atoms with E-state index >= 15 is 0 Å². The van der Waals surface area contributed by atoms with E-state index < -0.39 is 0 Å². The Morgan fingerprint density at radius 1 is 1.25 bits per heavy atom. The van der Waals surface area contributed by atoms with Gasteiger partial charge in [0.05, 0.1) is 0 Å². The molecule has 1 aromatic rings. The van der Waals surface area contributed by atoms with Gasteiger partial charge in [0.1, 0.15) is 0 Å². The Kier molecular flexibility index (Phi) is 6.45. The van der Waals surface area contributed by atoms with Crippen LogP contribution >= 0.6 is 0 Å². The number of carbonyl (C=O) groups is 1. The van der Waals surface area contributed by atoms with Gasteiger partial charge in [-0.3, -0.25) is 9.69 Å². The third-order valence-electron chi connectivity index (χ3n) is 4.75. The number of nitrogens with zero attached hydrogens (tertiary/aromatic N) is 1. The van der Waals surface area contributed by atoms with Gasteiger partial charge in [0.25, 0.3) is 5.91 Å². The zero-order chi connectivity index (χ0) is 17.7. The first-order valence-corrected chi connectivity index (χ1v) is 9.37. The van der Waals surface area contributed by atoms with Crippen LogP contribution in [0.5, 0.6) is 0 Å². The lowest BCUT2D eigenvalue weighted by Gasteiger charge is -2.31. The predicted octanol–water partition coefficient (Wildman–Crippen LogP) is 4.26. The summed E-state index contributed by atoms with van der Waals surface area (Å²) in [7, 11) is 0. The summed E-state index contributed by atoms with van der Waals surface area (Å²) in [4.78, 5) is 14.8. The molecule has 1 aromatic carbocycles. The van der Waals surface area contributed by atoms with E-state index in [2.05, 4.69) is 57.0 Å². The van der Waals surface area contributed by atoms with Crippen molar-refractivity contribution in [3.05, 3.63) is 34.9 Å². The minimum atomic E-state index is 0.0635. The van der Waals surface area contributed by atoms with E-state index in [-0.39, 0.29) is 5.91 Å². The molecule has 0 saturated heterocycles. The Morgan fingerprint density at radius 2 is 2.00 bits per heavy atom. The lowest BCUT2D eigenvalue weighted by Crippen LogP contribution is -2.33. The molecule has 0 radical (unpaired) electrons. The topological polar surface area (TPSA) is 32.3 Å². The molecular weight excluding hydrogens is 296 g/mol. The van der Waals surface area contributed by atoms with Crippen molar-refractivity contribution in [1.82, 2.24) is 10.2 Å². The van der Waals surface area contributed by atoms with Crippen LogP contribution in [0.15, 0.2) is 18.2 Å². The quantitative estimate of drug-likeness (QED) is 0.845. The van der Waals surface area contributed by atoms with Crippen LogP contribution in [0.2, 0.25) is 0 Å². The van der Waals surface area contributed by atoms with Crippen LogP contribution in [-0.2, 0) is 13.0 Å². The largest absolute Gasteiger partial charge is 0.352 e. The maximum atomic E-state index is 12.3. The first-order chi connectivity index (χ1) is 11.2. The Morgan fingerprint density at radius 3 is 2.67 bits per heavy atom. The van der Waals surface area contributed by atoms with E-state index in [9.17, 15) is 4.79 Å². The van der Waals surface area contributed by atoms with E-state index in [1.165, 1.54) is 17.5 Å². The molecule has 0 atom stereocenters. The molecule has 1 aliphatic rings. The lowest BCUT2D eigenvalue weighted by molar-refractivity contribution is 0.0951. The summed E-state index contributed by atoms with van der Waals surface area (Å²) in [6.07, 6.45) is 3.30. The van der Waals surface area contributed by atoms with Crippen LogP contribution in [0.3, 0.4) is 0 Å². The van der Waals surface area contributed by atoms with E-state index in [1.54, 1.807) is 0 Å². The molecule has 1 amide bonds. The number of nitrogens with one attached hydrogen (secondary N) is 1. The highest BCUT2D eigenvalue weighted by Gasteiger charge is 2.19. The predicted molar refractivity (Wildman–Crippen MR) is 101 cm³/mol. The Hall–Kier alpha value is -1.35. The molecule has 0 spiro atoms. The molecule has 1 N–H and O–H groups in total. The van der Waals surface area contributed by atoms with Gasteiger partial charge in [-0.1, -0.05) is 40.7 Å². The van der Waals surface area contributed by atoms with Crippen molar-refractivity contribution < 1.29 is 4.79 Å². The number of rotatable bonds is 6. The minimum Gasteiger partial charge on any atom is -0.352 e. The van der Waals surface area contributed by atoms with Crippen LogP contribution in [0.4, 0.5) is 0 Å². The van der Waals surface area contributed by atoms with Crippen molar-refractivity contribution >= 4 is 5.91 Å². The van der Waals surface area contributed by atoms with E-state index in [1.807, 2.05) is 6.07 Å². The van der Waals surface area contributed by atoms with Crippen molar-refractivity contribution in [1.29, 1.82) is 0 Å². The Labute approximate surface area is 147 Å². The average molecular weight is 331 g/mol. The highest BCUT2D eigenvalue weighted by Crippen LogP contribution is 2.24. The van der Waals surface area contributed by atoms with Gasteiger partial charge < -0.3 is 5.32 Å². The van der Waals surface area contributed by atoms with E-state index in [0.717, 1.165) is 44.6 Å². The number of benzene rings is 1. The summed E-state index contributed by atoms with van der Waals surface area (Å²) in [6, 6.07) is 6.23. The molecule has 0 saturated carbocycles. The first-order valence-electron chi connectivity index (χ1n) is 9.37. The van der Waals surface area contributed by atoms with Crippen LogP contribution in [0.1, 0.15) is 68.9 Å². The van der Waals surface area contributed by atoms with Crippen molar-refractivity contribution in [2.75, 3.05) is 19.6 Å². The molecule has 0 fully saturated rings. The molecule has 1 aliphatic heterocycles. The van der Waals surface area contributed by atoms with Crippen LogP contribution in [-0.4, -0.2) is 30.4 Å². The number of hydrogen-bond acceptors (Lipinski definition) is 2. The fraction of sp³-hybridized carbons (Fsp3) is 0.667. The Bertz CT molecular complexity index is 557. The average Bonchev–Trinajstić information content (AvgIpc) is 2.51. The van der Waals surface area contributed by atoms with Crippen molar-refractivity contribution in [2.24, 2.45) is 11.3 Å². The second-order valence-electron chi connectivity index (χ2n) is 8.76. The number of carbonyl (C=O) groups excluding carboxylic acids is 1. The van der Waals surface area contributed by atoms with Gasteiger partial charge in [0.2, 0.25) is 0 Å². The molecule has 3 nitrogen and oxygen atoms in total. The van der Waals surface area contributed by atoms with Crippen LogP contribution in [0.25, 0.3) is 0 Å². The summed E-state index contributed by atoms with van der Waals surface area (Å²) < 4.78 is 0. The zero-order valence-electron chi connectivity index (χ0n) is 16.1. The number of hydrogen-bond donors (Lipinski definition) is 1. The number of amides is 1. The highest BCUT2D eigenvalue weighted by molar-refractivity contribution is 5.94. The van der Waals surface area contributed by atoms with Gasteiger partial charge in [-0.2, -0.15) is 0 Å². The van der Waals surface area contributed by atoms with Gasteiger partial charge in [0.15, 0.2) is 0 Å². The second kappa shape index (κ2) is 8.15. The van der Waals surface area contributed by atoms with Crippen molar-refractivity contribution in [2.45, 2.75) is 60.4 Å². The summed E-state index contributed by atoms with van der Waals surface area (Å²) in [5, 5.41) is 3.03. The summed E-state index contributed by atoms with van der Waals surface area (Å²) in [5.41, 5.74) is 3.92.